The van der Waals surface area contributed by atoms with E-state index in [0.717, 1.165) is 0 Å². The lowest BCUT2D eigenvalue weighted by Gasteiger charge is -1.87. The summed E-state index contributed by atoms with van der Waals surface area (Å²) in [6.07, 6.45) is 18.2. The summed E-state index contributed by atoms with van der Waals surface area (Å²) in [4.78, 5) is 0. The Bertz CT molecular complexity index is 189. The topological polar surface area (TPSA) is 18.5 Å². The van der Waals surface area contributed by atoms with Gasteiger partial charge in [0.05, 0.1) is 12.5 Å². The Morgan fingerprint density at radius 1 is 0.786 bits per heavy atom. The molecule has 0 bridgehead atoms. The second-order valence-electron chi connectivity index (χ2n) is 3.05. The third kappa shape index (κ3) is 6.73. The summed E-state index contributed by atoms with van der Waals surface area (Å²) in [5, 5.41) is 0. The molecule has 0 saturated heterocycles. The van der Waals surface area contributed by atoms with Gasteiger partial charge in [0.1, 0.15) is 0 Å². The predicted octanol–water partition coefficient (Wildman–Crippen LogP) is 4.34. The Labute approximate surface area is 87.6 Å². The van der Waals surface area contributed by atoms with E-state index in [-0.39, 0.29) is 0 Å². The molecule has 2 nitrogen and oxygen atoms in total. The summed E-state index contributed by atoms with van der Waals surface area (Å²) in [5.74, 6) is 0. The minimum absolute atomic E-state index is 0.532. The molecule has 0 unspecified atom stereocenters. The minimum Gasteiger partial charge on any atom is -0.439 e. The third-order valence-corrected chi connectivity index (χ3v) is 2.30. The summed E-state index contributed by atoms with van der Waals surface area (Å²) in [7, 11) is 0.532. The van der Waals surface area contributed by atoms with E-state index in [2.05, 4.69) is 12.2 Å². The van der Waals surface area contributed by atoms with Crippen LogP contribution < -0.4 is 0 Å². The maximum absolute atomic E-state index is 4.70. The summed E-state index contributed by atoms with van der Waals surface area (Å²) in [6.45, 7) is 0. The fourth-order valence-corrected chi connectivity index (χ4v) is 1.46. The van der Waals surface area contributed by atoms with Crippen molar-refractivity contribution >= 4 is 9.03 Å². The van der Waals surface area contributed by atoms with Crippen LogP contribution >= 0.6 is 9.03 Å². The van der Waals surface area contributed by atoms with Gasteiger partial charge in [-0.3, -0.25) is 0 Å². The van der Waals surface area contributed by atoms with Crippen molar-refractivity contribution in [1.82, 2.24) is 0 Å². The van der Waals surface area contributed by atoms with E-state index >= 15 is 0 Å². The van der Waals surface area contributed by atoms with E-state index in [4.69, 9.17) is 9.05 Å². The minimum atomic E-state index is 0.532. The molecule has 1 aliphatic carbocycles. The maximum atomic E-state index is 4.70. The number of allylic oxidation sites excluding steroid dienone is 4. The molecule has 1 heterocycles. The first-order valence-electron chi connectivity index (χ1n) is 4.99. The lowest BCUT2D eigenvalue weighted by Crippen LogP contribution is -1.67. The first-order valence-corrected chi connectivity index (χ1v) is 5.72. The quantitative estimate of drug-likeness (QED) is 0.438. The molecular weight excluding hydrogens is 195 g/mol. The second-order valence-corrected chi connectivity index (χ2v) is 3.62. The molecule has 3 heteroatoms. The lowest BCUT2D eigenvalue weighted by atomic mass is 10.2. The van der Waals surface area contributed by atoms with Crippen molar-refractivity contribution < 1.29 is 9.05 Å². The van der Waals surface area contributed by atoms with Crippen molar-refractivity contribution in [2.75, 3.05) is 0 Å². The molecule has 0 fully saturated rings. The summed E-state index contributed by atoms with van der Waals surface area (Å²) < 4.78 is 9.40. The number of hydrogen-bond acceptors (Lipinski definition) is 2. The molecule has 0 spiro atoms. The molecule has 0 N–H and O–H groups in total. The standard InChI is InChI=1S/C7H12.C4H4O2P/c2*1-2-4-6-7-5-3-1/h1-2H,3-7H2;1-4H. The van der Waals surface area contributed by atoms with Gasteiger partial charge < -0.3 is 9.05 Å². The lowest BCUT2D eigenvalue weighted by molar-refractivity contribution is 0.438. The SMILES string of the molecule is C1=CCCCCC1.C1=CO[P]OC=C1. The van der Waals surface area contributed by atoms with Gasteiger partial charge in [0.2, 0.25) is 0 Å². The predicted molar refractivity (Wildman–Crippen MR) is 59.6 cm³/mol. The Kier molecular flexibility index (Phi) is 7.14. The van der Waals surface area contributed by atoms with Crippen LogP contribution in [0.3, 0.4) is 0 Å². The Morgan fingerprint density at radius 3 is 1.93 bits per heavy atom. The van der Waals surface area contributed by atoms with E-state index in [1.54, 1.807) is 24.7 Å². The van der Waals surface area contributed by atoms with Crippen molar-refractivity contribution in [3.05, 3.63) is 36.8 Å². The molecule has 2 aliphatic rings. The highest BCUT2D eigenvalue weighted by atomic mass is 31.1. The highest BCUT2D eigenvalue weighted by Crippen LogP contribution is 2.15. The fraction of sp³-hybridized carbons (Fsp3) is 0.455. The van der Waals surface area contributed by atoms with E-state index in [1.807, 2.05) is 0 Å². The zero-order valence-electron chi connectivity index (χ0n) is 8.26. The van der Waals surface area contributed by atoms with Crippen LogP contribution in [-0.2, 0) is 9.05 Å². The fourth-order valence-electron chi connectivity index (χ4n) is 1.17. The maximum Gasteiger partial charge on any atom is 0.403 e. The second kappa shape index (κ2) is 8.83. The molecule has 14 heavy (non-hydrogen) atoms. The van der Waals surface area contributed by atoms with Crippen LogP contribution in [-0.4, -0.2) is 0 Å². The molecule has 77 valence electrons. The molecule has 1 radical (unpaired) electrons. The molecule has 1 aliphatic heterocycles. The van der Waals surface area contributed by atoms with Crippen molar-refractivity contribution in [2.24, 2.45) is 0 Å². The Morgan fingerprint density at radius 2 is 1.36 bits per heavy atom. The smallest absolute Gasteiger partial charge is 0.403 e. The molecule has 0 aromatic heterocycles. The normalized spacial score (nSPS) is 19.4. The largest absolute Gasteiger partial charge is 0.439 e. The van der Waals surface area contributed by atoms with Crippen LogP contribution in [0.4, 0.5) is 0 Å². The van der Waals surface area contributed by atoms with Gasteiger partial charge in [-0.25, -0.2) is 0 Å². The summed E-state index contributed by atoms with van der Waals surface area (Å²) in [5.41, 5.74) is 0. The average Bonchev–Trinajstić information content (AvgIpc) is 2.68. The molecule has 0 amide bonds. The van der Waals surface area contributed by atoms with Gasteiger partial charge in [0.15, 0.2) is 0 Å². The average molecular weight is 211 g/mol. The van der Waals surface area contributed by atoms with Crippen molar-refractivity contribution in [1.29, 1.82) is 0 Å². The summed E-state index contributed by atoms with van der Waals surface area (Å²) >= 11 is 0. The van der Waals surface area contributed by atoms with Gasteiger partial charge in [0.25, 0.3) is 0 Å². The zero-order valence-corrected chi connectivity index (χ0v) is 9.16. The molecule has 0 saturated carbocycles. The zero-order chi connectivity index (χ0) is 9.90. The first kappa shape index (κ1) is 11.3. The van der Waals surface area contributed by atoms with Crippen LogP contribution in [0.15, 0.2) is 36.8 Å². The Hall–Kier alpha value is -0.750. The van der Waals surface area contributed by atoms with E-state index < -0.39 is 0 Å². The molecule has 2 rings (SSSR count). The summed E-state index contributed by atoms with van der Waals surface area (Å²) in [6, 6.07) is 0. The number of hydrogen-bond donors (Lipinski definition) is 0. The molecule has 0 aromatic carbocycles. The first-order chi connectivity index (χ1) is 7.00. The van der Waals surface area contributed by atoms with Gasteiger partial charge in [-0.2, -0.15) is 0 Å². The third-order valence-electron chi connectivity index (χ3n) is 1.88. The number of rotatable bonds is 0. The van der Waals surface area contributed by atoms with Crippen LogP contribution in [0.2, 0.25) is 0 Å². The van der Waals surface area contributed by atoms with Gasteiger partial charge in [0, 0.05) is 0 Å². The van der Waals surface area contributed by atoms with E-state index in [1.165, 1.54) is 32.1 Å². The van der Waals surface area contributed by atoms with Crippen molar-refractivity contribution in [3.63, 3.8) is 0 Å². The van der Waals surface area contributed by atoms with Gasteiger partial charge in [-0.05, 0) is 37.8 Å². The van der Waals surface area contributed by atoms with Gasteiger partial charge >= 0.3 is 9.03 Å². The molecular formula is C11H16O2P. The van der Waals surface area contributed by atoms with Gasteiger partial charge in [-0.1, -0.05) is 18.6 Å². The van der Waals surface area contributed by atoms with Crippen LogP contribution in [0, 0.1) is 0 Å². The highest BCUT2D eigenvalue weighted by Gasteiger charge is 1.88. The van der Waals surface area contributed by atoms with Crippen molar-refractivity contribution in [3.8, 4) is 0 Å². The molecule has 0 atom stereocenters. The Balaban J connectivity index is 0.000000140. The van der Waals surface area contributed by atoms with Crippen LogP contribution in [0.1, 0.15) is 32.1 Å². The van der Waals surface area contributed by atoms with Crippen molar-refractivity contribution in [2.45, 2.75) is 32.1 Å². The highest BCUT2D eigenvalue weighted by molar-refractivity contribution is 7.26. The van der Waals surface area contributed by atoms with Crippen LogP contribution in [0.5, 0.6) is 0 Å². The van der Waals surface area contributed by atoms with E-state index in [9.17, 15) is 0 Å². The van der Waals surface area contributed by atoms with E-state index in [0.29, 0.717) is 9.03 Å². The molecule has 0 aromatic rings. The monoisotopic (exact) mass is 211 g/mol. The van der Waals surface area contributed by atoms with Gasteiger partial charge in [-0.15, -0.1) is 0 Å². The van der Waals surface area contributed by atoms with Crippen LogP contribution in [0.25, 0.3) is 0 Å².